The molecule has 3 aromatic carbocycles. The Morgan fingerprint density at radius 3 is 2.14 bits per heavy atom. The Kier molecular flexibility index (Phi) is 6.18. The standard InChI is InChI=1S/C34H36O3/c1-22-12-25(8-11-32(35)36)13-23(2)33(22)29-9-10-31(37-21-24-6-4-3-5-7-24)30(17-29)34-18-26-14-27(19-34)16-28(15-26)20-34/h3-13,17,26-28H,14-16,18-21H2,1-2H3,(H,35,36)/p-1/b11-8+. The lowest BCUT2D eigenvalue weighted by Gasteiger charge is -2.57. The number of hydrogen-bond donors (Lipinski definition) is 0. The maximum Gasteiger partial charge on any atom is 0.123 e. The lowest BCUT2D eigenvalue weighted by atomic mass is 9.48. The van der Waals surface area contributed by atoms with Gasteiger partial charge in [0, 0.05) is 5.56 Å². The highest BCUT2D eigenvalue weighted by Crippen LogP contribution is 2.62. The van der Waals surface area contributed by atoms with Crippen LogP contribution in [0.25, 0.3) is 17.2 Å². The van der Waals surface area contributed by atoms with Gasteiger partial charge in [-0.2, -0.15) is 0 Å². The number of carboxylic acid groups (broad SMARTS) is 1. The van der Waals surface area contributed by atoms with Crippen LogP contribution in [0, 0.1) is 31.6 Å². The summed E-state index contributed by atoms with van der Waals surface area (Å²) in [6, 6.07) is 21.4. The molecule has 4 fully saturated rings. The summed E-state index contributed by atoms with van der Waals surface area (Å²) < 4.78 is 6.57. The molecule has 7 rings (SSSR count). The van der Waals surface area contributed by atoms with E-state index in [4.69, 9.17) is 4.74 Å². The predicted octanol–water partition coefficient (Wildman–Crippen LogP) is 6.78. The van der Waals surface area contributed by atoms with Gasteiger partial charge in [-0.1, -0.05) is 54.6 Å². The van der Waals surface area contributed by atoms with Gasteiger partial charge in [-0.05, 0) is 127 Å². The molecular weight excluding hydrogens is 456 g/mol. The van der Waals surface area contributed by atoms with Crippen LogP contribution in [0.3, 0.4) is 0 Å². The van der Waals surface area contributed by atoms with Gasteiger partial charge < -0.3 is 14.6 Å². The molecule has 4 aliphatic rings. The summed E-state index contributed by atoms with van der Waals surface area (Å²) >= 11 is 0. The number of aryl methyl sites for hydroxylation is 2. The van der Waals surface area contributed by atoms with Gasteiger partial charge in [-0.15, -0.1) is 0 Å². The quantitative estimate of drug-likeness (QED) is 0.342. The Morgan fingerprint density at radius 2 is 1.54 bits per heavy atom. The van der Waals surface area contributed by atoms with Crippen LogP contribution < -0.4 is 9.84 Å². The van der Waals surface area contributed by atoms with E-state index in [1.165, 1.54) is 60.8 Å². The molecule has 0 amide bonds. The molecule has 0 spiro atoms. The third-order valence-corrected chi connectivity index (χ3v) is 9.08. The zero-order chi connectivity index (χ0) is 25.6. The minimum atomic E-state index is -1.18. The second-order valence-corrected chi connectivity index (χ2v) is 11.9. The summed E-state index contributed by atoms with van der Waals surface area (Å²) in [5.41, 5.74) is 8.44. The van der Waals surface area contributed by atoms with Crippen molar-refractivity contribution in [3.63, 3.8) is 0 Å². The maximum absolute atomic E-state index is 10.9. The van der Waals surface area contributed by atoms with Gasteiger partial charge >= 0.3 is 0 Å². The molecule has 3 heteroatoms. The highest BCUT2D eigenvalue weighted by molar-refractivity contribution is 5.84. The van der Waals surface area contributed by atoms with E-state index < -0.39 is 5.97 Å². The van der Waals surface area contributed by atoms with Gasteiger partial charge in [-0.3, -0.25) is 0 Å². The van der Waals surface area contributed by atoms with Gasteiger partial charge in [0.15, 0.2) is 0 Å². The van der Waals surface area contributed by atoms with E-state index in [1.807, 2.05) is 6.07 Å². The molecule has 4 bridgehead atoms. The summed E-state index contributed by atoms with van der Waals surface area (Å²) in [5, 5.41) is 10.9. The predicted molar refractivity (Wildman–Crippen MR) is 146 cm³/mol. The Labute approximate surface area is 220 Å². The number of carbonyl (C=O) groups excluding carboxylic acids is 1. The number of benzene rings is 3. The molecule has 0 aliphatic heterocycles. The molecule has 37 heavy (non-hydrogen) atoms. The number of ether oxygens (including phenoxy) is 1. The minimum Gasteiger partial charge on any atom is -0.545 e. The molecule has 0 aromatic heterocycles. The van der Waals surface area contributed by atoms with Gasteiger partial charge in [0.05, 0.1) is 5.97 Å². The zero-order valence-corrected chi connectivity index (χ0v) is 21.8. The fraction of sp³-hybridized carbons (Fsp3) is 0.382. The Morgan fingerprint density at radius 1 is 0.919 bits per heavy atom. The van der Waals surface area contributed by atoms with Crippen LogP contribution in [0.2, 0.25) is 0 Å². The molecule has 3 aromatic rings. The third-order valence-electron chi connectivity index (χ3n) is 9.08. The molecule has 0 saturated heterocycles. The summed E-state index contributed by atoms with van der Waals surface area (Å²) in [5.74, 6) is 2.43. The molecule has 0 atom stereocenters. The molecule has 4 saturated carbocycles. The van der Waals surface area contributed by atoms with Crippen LogP contribution in [-0.2, 0) is 16.8 Å². The third kappa shape index (κ3) is 4.72. The number of carbonyl (C=O) groups is 1. The summed E-state index contributed by atoms with van der Waals surface area (Å²) in [6.45, 7) is 4.81. The van der Waals surface area contributed by atoms with Crippen LogP contribution >= 0.6 is 0 Å². The molecule has 4 aliphatic carbocycles. The van der Waals surface area contributed by atoms with Crippen molar-refractivity contribution < 1.29 is 14.6 Å². The van der Waals surface area contributed by atoms with Gasteiger partial charge in [-0.25, -0.2) is 0 Å². The molecule has 0 radical (unpaired) electrons. The molecule has 0 unspecified atom stereocenters. The number of rotatable bonds is 7. The molecule has 0 N–H and O–H groups in total. The number of aliphatic carboxylic acids is 1. The van der Waals surface area contributed by atoms with Crippen LogP contribution in [0.4, 0.5) is 0 Å². The first-order valence-electron chi connectivity index (χ1n) is 13.7. The highest BCUT2D eigenvalue weighted by Gasteiger charge is 2.52. The first-order chi connectivity index (χ1) is 17.9. The van der Waals surface area contributed by atoms with Crippen molar-refractivity contribution in [2.45, 2.75) is 64.4 Å². The van der Waals surface area contributed by atoms with E-state index >= 15 is 0 Å². The molecule has 0 heterocycles. The smallest absolute Gasteiger partial charge is 0.123 e. The van der Waals surface area contributed by atoms with Crippen LogP contribution in [-0.4, -0.2) is 5.97 Å². The van der Waals surface area contributed by atoms with E-state index in [0.717, 1.165) is 46.3 Å². The van der Waals surface area contributed by atoms with Gasteiger partial charge in [0.1, 0.15) is 12.4 Å². The average molecular weight is 492 g/mol. The maximum atomic E-state index is 10.9. The first kappa shape index (κ1) is 24.0. The summed E-state index contributed by atoms with van der Waals surface area (Å²) in [6.07, 6.45) is 10.8. The monoisotopic (exact) mass is 491 g/mol. The van der Waals surface area contributed by atoms with E-state index in [0.29, 0.717) is 6.61 Å². The Bertz CT molecular complexity index is 1290. The fourth-order valence-electron chi connectivity index (χ4n) is 8.11. The van der Waals surface area contributed by atoms with Crippen LogP contribution in [0.5, 0.6) is 5.75 Å². The van der Waals surface area contributed by atoms with Crippen LogP contribution in [0.15, 0.2) is 66.7 Å². The Hall–Kier alpha value is -3.33. The second kappa shape index (κ2) is 9.52. The van der Waals surface area contributed by atoms with Crippen molar-refractivity contribution in [2.24, 2.45) is 17.8 Å². The molecule has 3 nitrogen and oxygen atoms in total. The molecular formula is C34H35O3-. The van der Waals surface area contributed by atoms with Crippen molar-refractivity contribution in [1.29, 1.82) is 0 Å². The largest absolute Gasteiger partial charge is 0.545 e. The SMILES string of the molecule is Cc1cc(/C=C/C(=O)[O-])cc(C)c1-c1ccc(OCc2ccccc2)c(C23CC4CC(CC(C4)C2)C3)c1. The van der Waals surface area contributed by atoms with Crippen LogP contribution in [0.1, 0.15) is 66.3 Å². The van der Waals surface area contributed by atoms with Gasteiger partial charge in [0.25, 0.3) is 0 Å². The minimum absolute atomic E-state index is 0.218. The average Bonchev–Trinajstić information content (AvgIpc) is 2.86. The topological polar surface area (TPSA) is 49.4 Å². The van der Waals surface area contributed by atoms with E-state index in [9.17, 15) is 9.90 Å². The van der Waals surface area contributed by atoms with Crippen molar-refractivity contribution in [3.05, 3.63) is 94.6 Å². The summed E-state index contributed by atoms with van der Waals surface area (Å²) in [7, 11) is 0. The van der Waals surface area contributed by atoms with E-state index in [1.54, 1.807) is 6.08 Å². The highest BCUT2D eigenvalue weighted by atomic mass is 16.5. The van der Waals surface area contributed by atoms with Gasteiger partial charge in [0.2, 0.25) is 0 Å². The van der Waals surface area contributed by atoms with Crippen molar-refractivity contribution >= 4 is 12.0 Å². The second-order valence-electron chi connectivity index (χ2n) is 11.9. The molecule has 190 valence electrons. The normalized spacial score (nSPS) is 26.1. The number of hydrogen-bond acceptors (Lipinski definition) is 3. The van der Waals surface area contributed by atoms with Crippen molar-refractivity contribution in [2.75, 3.05) is 0 Å². The fourth-order valence-corrected chi connectivity index (χ4v) is 8.11. The van der Waals surface area contributed by atoms with Crippen molar-refractivity contribution in [3.8, 4) is 16.9 Å². The van der Waals surface area contributed by atoms with E-state index in [-0.39, 0.29) is 5.41 Å². The zero-order valence-electron chi connectivity index (χ0n) is 21.8. The lowest BCUT2D eigenvalue weighted by Crippen LogP contribution is -2.48. The Balaban J connectivity index is 1.41. The first-order valence-corrected chi connectivity index (χ1v) is 13.7. The van der Waals surface area contributed by atoms with E-state index in [2.05, 4.69) is 68.4 Å². The summed E-state index contributed by atoms with van der Waals surface area (Å²) in [4.78, 5) is 10.9. The van der Waals surface area contributed by atoms with Crippen molar-refractivity contribution in [1.82, 2.24) is 0 Å². The lowest BCUT2D eigenvalue weighted by molar-refractivity contribution is -0.297. The number of carboxylic acids is 1.